The van der Waals surface area contributed by atoms with Crippen molar-refractivity contribution in [1.82, 2.24) is 4.57 Å². The lowest BCUT2D eigenvalue weighted by Crippen LogP contribution is -2.17. The Morgan fingerprint density at radius 3 is 2.73 bits per heavy atom. The van der Waals surface area contributed by atoms with Gasteiger partial charge in [0.15, 0.2) is 0 Å². The lowest BCUT2D eigenvalue weighted by molar-refractivity contribution is -0.118. The second kappa shape index (κ2) is 3.74. The number of aromatic nitrogens is 1. The van der Waals surface area contributed by atoms with E-state index in [1.807, 2.05) is 35.0 Å². The smallest absolute Gasteiger partial charge is 0.237 e. The van der Waals surface area contributed by atoms with E-state index in [4.69, 9.17) is 11.5 Å². The number of rotatable bonds is 3. The second-order valence-electron chi connectivity index (χ2n) is 3.47. The van der Waals surface area contributed by atoms with Crippen LogP contribution >= 0.6 is 0 Å². The van der Waals surface area contributed by atoms with Gasteiger partial charge in [0, 0.05) is 23.6 Å². The van der Waals surface area contributed by atoms with Gasteiger partial charge >= 0.3 is 0 Å². The topological polar surface area (TPSA) is 74.0 Å². The van der Waals surface area contributed by atoms with Crippen LogP contribution in [0.3, 0.4) is 0 Å². The second-order valence-corrected chi connectivity index (χ2v) is 3.47. The molecule has 4 nitrogen and oxygen atoms in total. The largest absolute Gasteiger partial charge is 0.368 e. The van der Waals surface area contributed by atoms with Crippen molar-refractivity contribution < 1.29 is 4.79 Å². The molecule has 4 N–H and O–H groups in total. The van der Waals surface area contributed by atoms with Crippen LogP contribution in [-0.2, 0) is 17.9 Å². The molecule has 0 saturated carbocycles. The van der Waals surface area contributed by atoms with Gasteiger partial charge in [-0.2, -0.15) is 0 Å². The molecular weight excluding hydrogens is 190 g/mol. The number of nitrogens with zero attached hydrogens (tertiary/aromatic N) is 1. The summed E-state index contributed by atoms with van der Waals surface area (Å²) in [6, 6.07) is 7.84. The summed E-state index contributed by atoms with van der Waals surface area (Å²) in [5.41, 5.74) is 12.8. The highest BCUT2D eigenvalue weighted by Crippen LogP contribution is 2.20. The fourth-order valence-corrected chi connectivity index (χ4v) is 1.78. The summed E-state index contributed by atoms with van der Waals surface area (Å²) in [6.07, 6.45) is 1.88. The molecule has 1 amide bonds. The zero-order chi connectivity index (χ0) is 10.8. The van der Waals surface area contributed by atoms with Crippen LogP contribution in [0, 0.1) is 0 Å². The predicted octanol–water partition coefficient (Wildman–Crippen LogP) is 0.585. The number of hydrogen-bond acceptors (Lipinski definition) is 2. The Kier molecular flexibility index (Phi) is 2.43. The predicted molar refractivity (Wildman–Crippen MR) is 59.0 cm³/mol. The third-order valence-corrected chi connectivity index (χ3v) is 2.42. The SMILES string of the molecule is NCc1cn(CC(N)=O)c2ccccc12. The average molecular weight is 203 g/mol. The molecule has 15 heavy (non-hydrogen) atoms. The number of para-hydroxylation sites is 1. The third-order valence-electron chi connectivity index (χ3n) is 2.42. The van der Waals surface area contributed by atoms with Crippen molar-refractivity contribution in [2.45, 2.75) is 13.1 Å². The van der Waals surface area contributed by atoms with Crippen molar-refractivity contribution in [2.75, 3.05) is 0 Å². The number of carbonyl (C=O) groups excluding carboxylic acids is 1. The zero-order valence-corrected chi connectivity index (χ0v) is 8.31. The van der Waals surface area contributed by atoms with Gasteiger partial charge in [-0.05, 0) is 11.6 Å². The van der Waals surface area contributed by atoms with Gasteiger partial charge in [0.05, 0.1) is 0 Å². The maximum absolute atomic E-state index is 10.9. The lowest BCUT2D eigenvalue weighted by atomic mass is 10.2. The monoisotopic (exact) mass is 203 g/mol. The van der Waals surface area contributed by atoms with Gasteiger partial charge in [0.25, 0.3) is 0 Å². The highest BCUT2D eigenvalue weighted by molar-refractivity contribution is 5.85. The maximum atomic E-state index is 10.9. The van der Waals surface area contributed by atoms with Crippen LogP contribution < -0.4 is 11.5 Å². The summed E-state index contributed by atoms with van der Waals surface area (Å²) in [6.45, 7) is 0.660. The van der Waals surface area contributed by atoms with Gasteiger partial charge in [-0.3, -0.25) is 4.79 Å². The zero-order valence-electron chi connectivity index (χ0n) is 8.31. The molecular formula is C11H13N3O. The van der Waals surface area contributed by atoms with E-state index in [2.05, 4.69) is 0 Å². The van der Waals surface area contributed by atoms with E-state index in [9.17, 15) is 4.79 Å². The molecule has 0 aliphatic rings. The first-order chi connectivity index (χ1) is 7.22. The molecule has 1 aromatic carbocycles. The molecule has 0 saturated heterocycles. The molecule has 78 valence electrons. The normalized spacial score (nSPS) is 10.7. The van der Waals surface area contributed by atoms with Crippen LogP contribution in [0.5, 0.6) is 0 Å². The molecule has 0 aliphatic heterocycles. The summed E-state index contributed by atoms with van der Waals surface area (Å²) >= 11 is 0. The fraction of sp³-hybridized carbons (Fsp3) is 0.182. The summed E-state index contributed by atoms with van der Waals surface area (Å²) in [7, 11) is 0. The maximum Gasteiger partial charge on any atom is 0.237 e. The van der Waals surface area contributed by atoms with Crippen molar-refractivity contribution in [3.05, 3.63) is 36.0 Å². The average Bonchev–Trinajstić information content (AvgIpc) is 2.56. The molecule has 4 heteroatoms. The van der Waals surface area contributed by atoms with Gasteiger partial charge in [0.2, 0.25) is 5.91 Å². The first-order valence-electron chi connectivity index (χ1n) is 4.77. The Labute approximate surface area is 87.5 Å². The number of fused-ring (bicyclic) bond motifs is 1. The van der Waals surface area contributed by atoms with Gasteiger partial charge in [-0.25, -0.2) is 0 Å². The van der Waals surface area contributed by atoms with Crippen molar-refractivity contribution in [3.63, 3.8) is 0 Å². The molecule has 0 fully saturated rings. The van der Waals surface area contributed by atoms with Crippen LogP contribution in [0.1, 0.15) is 5.56 Å². The van der Waals surface area contributed by atoms with Crippen LogP contribution in [0.4, 0.5) is 0 Å². The molecule has 0 spiro atoms. The van der Waals surface area contributed by atoms with E-state index < -0.39 is 0 Å². The first kappa shape index (κ1) is 9.73. The van der Waals surface area contributed by atoms with Crippen molar-refractivity contribution >= 4 is 16.8 Å². The van der Waals surface area contributed by atoms with E-state index >= 15 is 0 Å². The van der Waals surface area contributed by atoms with E-state index in [0.717, 1.165) is 16.5 Å². The summed E-state index contributed by atoms with van der Waals surface area (Å²) in [5, 5.41) is 1.08. The summed E-state index contributed by atoms with van der Waals surface area (Å²) in [4.78, 5) is 10.9. The molecule has 1 aromatic heterocycles. The van der Waals surface area contributed by atoms with Crippen molar-refractivity contribution in [1.29, 1.82) is 0 Å². The van der Waals surface area contributed by atoms with E-state index in [0.29, 0.717) is 6.54 Å². The fourth-order valence-electron chi connectivity index (χ4n) is 1.78. The van der Waals surface area contributed by atoms with E-state index in [-0.39, 0.29) is 12.5 Å². The highest BCUT2D eigenvalue weighted by atomic mass is 16.1. The quantitative estimate of drug-likeness (QED) is 0.766. The number of primary amides is 1. The van der Waals surface area contributed by atoms with Crippen molar-refractivity contribution in [2.24, 2.45) is 11.5 Å². The van der Waals surface area contributed by atoms with Gasteiger partial charge in [-0.1, -0.05) is 18.2 Å². The van der Waals surface area contributed by atoms with E-state index in [1.54, 1.807) is 0 Å². The minimum absolute atomic E-state index is 0.195. The summed E-state index contributed by atoms with van der Waals surface area (Å²) < 4.78 is 1.83. The molecule has 2 rings (SSSR count). The molecule has 2 aromatic rings. The Balaban J connectivity index is 2.59. The molecule has 0 bridgehead atoms. The van der Waals surface area contributed by atoms with Gasteiger partial charge in [0.1, 0.15) is 6.54 Å². The Hall–Kier alpha value is -1.81. The molecule has 0 radical (unpaired) electrons. The summed E-state index contributed by atoms with van der Waals surface area (Å²) in [5.74, 6) is -0.348. The number of amides is 1. The Morgan fingerprint density at radius 2 is 2.07 bits per heavy atom. The van der Waals surface area contributed by atoms with Crippen LogP contribution in [-0.4, -0.2) is 10.5 Å². The first-order valence-corrected chi connectivity index (χ1v) is 4.77. The van der Waals surface area contributed by atoms with Gasteiger partial charge in [-0.15, -0.1) is 0 Å². The van der Waals surface area contributed by atoms with Gasteiger partial charge < -0.3 is 16.0 Å². The number of carbonyl (C=O) groups is 1. The highest BCUT2D eigenvalue weighted by Gasteiger charge is 2.07. The van der Waals surface area contributed by atoms with Crippen LogP contribution in [0.15, 0.2) is 30.5 Å². The number of nitrogens with two attached hydrogens (primary N) is 2. The standard InChI is InChI=1S/C11H13N3O/c12-5-8-6-14(7-11(13)15)10-4-2-1-3-9(8)10/h1-4,6H,5,7,12H2,(H2,13,15). The molecule has 1 heterocycles. The van der Waals surface area contributed by atoms with E-state index in [1.165, 1.54) is 0 Å². The van der Waals surface area contributed by atoms with Crippen LogP contribution in [0.25, 0.3) is 10.9 Å². The number of hydrogen-bond donors (Lipinski definition) is 2. The minimum Gasteiger partial charge on any atom is -0.368 e. The minimum atomic E-state index is -0.348. The van der Waals surface area contributed by atoms with Crippen LogP contribution in [0.2, 0.25) is 0 Å². The molecule has 0 aliphatic carbocycles. The van der Waals surface area contributed by atoms with Crippen molar-refractivity contribution in [3.8, 4) is 0 Å². The molecule has 0 unspecified atom stereocenters. The number of benzene rings is 1. The Morgan fingerprint density at radius 1 is 1.33 bits per heavy atom. The Bertz CT molecular complexity index is 502. The molecule has 0 atom stereocenters. The third kappa shape index (κ3) is 1.71. The lowest BCUT2D eigenvalue weighted by Gasteiger charge is -2.00.